The van der Waals surface area contributed by atoms with Crippen LogP contribution in [0, 0.1) is 6.92 Å². The average molecular weight is 455 g/mol. The molecule has 0 amide bonds. The van der Waals surface area contributed by atoms with E-state index in [1.165, 1.54) is 16.7 Å². The molecule has 0 aliphatic carbocycles. The fraction of sp³-hybridized carbons (Fsp3) is 0.240. The first kappa shape index (κ1) is 23.6. The minimum atomic E-state index is -1.12. The van der Waals surface area contributed by atoms with Crippen molar-refractivity contribution in [3.63, 3.8) is 0 Å². The maximum absolute atomic E-state index is 11.1. The van der Waals surface area contributed by atoms with Crippen LogP contribution in [0.1, 0.15) is 16.7 Å². The average Bonchev–Trinajstić information content (AvgIpc) is 2.80. The van der Waals surface area contributed by atoms with Crippen LogP contribution < -0.4 is 15.4 Å². The minimum absolute atomic E-state index is 0.193. The van der Waals surface area contributed by atoms with Crippen LogP contribution >= 0.6 is 11.6 Å². The number of aliphatic hydroxyl groups is 1. The van der Waals surface area contributed by atoms with Gasteiger partial charge in [0.05, 0.1) is 24.4 Å². The van der Waals surface area contributed by atoms with Crippen molar-refractivity contribution in [2.45, 2.75) is 26.1 Å². The SMILES string of the molecule is COc1cc(NCc2cccc(-c3ccccc3)c2C)c(Cl)cc1CNC(CO)C(=O)O. The predicted molar refractivity (Wildman–Crippen MR) is 127 cm³/mol. The Balaban J connectivity index is 1.76. The van der Waals surface area contributed by atoms with E-state index < -0.39 is 18.6 Å². The molecule has 6 nitrogen and oxygen atoms in total. The summed E-state index contributed by atoms with van der Waals surface area (Å²) < 4.78 is 5.47. The van der Waals surface area contributed by atoms with E-state index in [-0.39, 0.29) is 6.54 Å². The van der Waals surface area contributed by atoms with Gasteiger partial charge in [-0.05, 0) is 35.2 Å². The van der Waals surface area contributed by atoms with E-state index in [0.29, 0.717) is 28.6 Å². The Morgan fingerprint density at radius 2 is 1.81 bits per heavy atom. The van der Waals surface area contributed by atoms with E-state index in [4.69, 9.17) is 21.4 Å². The van der Waals surface area contributed by atoms with Gasteiger partial charge >= 0.3 is 5.97 Å². The lowest BCUT2D eigenvalue weighted by atomic mass is 9.96. The number of carboxylic acid groups (broad SMARTS) is 1. The van der Waals surface area contributed by atoms with Crippen molar-refractivity contribution in [3.05, 3.63) is 82.4 Å². The molecule has 0 aliphatic heterocycles. The molecule has 0 heterocycles. The molecule has 1 unspecified atom stereocenters. The number of benzene rings is 3. The van der Waals surface area contributed by atoms with Crippen LogP contribution in [-0.2, 0) is 17.9 Å². The molecule has 0 saturated carbocycles. The van der Waals surface area contributed by atoms with Crippen LogP contribution in [0.5, 0.6) is 5.75 Å². The van der Waals surface area contributed by atoms with Gasteiger partial charge in [-0.1, -0.05) is 60.1 Å². The van der Waals surface area contributed by atoms with Gasteiger partial charge in [0.2, 0.25) is 0 Å². The van der Waals surface area contributed by atoms with Gasteiger partial charge in [0.25, 0.3) is 0 Å². The Labute approximate surface area is 192 Å². The third kappa shape index (κ3) is 5.59. The molecule has 7 heteroatoms. The van der Waals surface area contributed by atoms with Gasteiger partial charge in [0.15, 0.2) is 0 Å². The third-order valence-corrected chi connectivity index (χ3v) is 5.70. The van der Waals surface area contributed by atoms with Crippen LogP contribution in [-0.4, -0.2) is 35.9 Å². The summed E-state index contributed by atoms with van der Waals surface area (Å²) in [7, 11) is 1.55. The molecule has 0 fully saturated rings. The minimum Gasteiger partial charge on any atom is -0.496 e. The van der Waals surface area contributed by atoms with Gasteiger partial charge in [-0.3, -0.25) is 10.1 Å². The zero-order chi connectivity index (χ0) is 23.1. The molecule has 0 radical (unpaired) electrons. The number of aliphatic carboxylic acids is 1. The van der Waals surface area contributed by atoms with E-state index in [1.54, 1.807) is 19.2 Å². The normalized spacial score (nSPS) is 11.8. The molecule has 32 heavy (non-hydrogen) atoms. The van der Waals surface area contributed by atoms with Crippen molar-refractivity contribution >= 4 is 23.3 Å². The molecular weight excluding hydrogens is 428 g/mol. The highest BCUT2D eigenvalue weighted by atomic mass is 35.5. The standard InChI is InChI=1S/C25H27ClN2O4/c1-16-18(9-6-10-20(16)17-7-4-3-5-8-17)13-27-22-12-24(32-2)19(11-21(22)26)14-28-23(15-29)25(30)31/h3-12,23,27-29H,13-15H2,1-2H3,(H,30,31). The van der Waals surface area contributed by atoms with E-state index in [2.05, 4.69) is 41.8 Å². The molecule has 168 valence electrons. The van der Waals surface area contributed by atoms with Gasteiger partial charge in [-0.25, -0.2) is 0 Å². The summed E-state index contributed by atoms with van der Waals surface area (Å²) in [5.41, 5.74) is 6.12. The van der Waals surface area contributed by atoms with Gasteiger partial charge in [0, 0.05) is 24.7 Å². The monoisotopic (exact) mass is 454 g/mol. The lowest BCUT2D eigenvalue weighted by molar-refractivity contribution is -0.140. The summed E-state index contributed by atoms with van der Waals surface area (Å²) >= 11 is 6.49. The molecule has 0 bridgehead atoms. The van der Waals surface area contributed by atoms with Crippen LogP contribution in [0.3, 0.4) is 0 Å². The van der Waals surface area contributed by atoms with Crippen molar-refractivity contribution in [2.24, 2.45) is 0 Å². The zero-order valence-electron chi connectivity index (χ0n) is 18.1. The number of rotatable bonds is 10. The molecule has 0 saturated heterocycles. The van der Waals surface area contributed by atoms with Crippen molar-refractivity contribution < 1.29 is 19.7 Å². The number of ether oxygens (including phenoxy) is 1. The van der Waals surface area contributed by atoms with Crippen molar-refractivity contribution in [2.75, 3.05) is 19.0 Å². The lowest BCUT2D eigenvalue weighted by Crippen LogP contribution is -2.39. The van der Waals surface area contributed by atoms with Crippen molar-refractivity contribution in [3.8, 4) is 16.9 Å². The highest BCUT2D eigenvalue weighted by Crippen LogP contribution is 2.32. The number of nitrogens with one attached hydrogen (secondary N) is 2. The van der Waals surface area contributed by atoms with Gasteiger partial charge < -0.3 is 20.3 Å². The molecule has 3 aromatic rings. The number of anilines is 1. The Morgan fingerprint density at radius 3 is 2.47 bits per heavy atom. The zero-order valence-corrected chi connectivity index (χ0v) is 18.8. The molecule has 4 N–H and O–H groups in total. The Bertz CT molecular complexity index is 1070. The summed E-state index contributed by atoms with van der Waals surface area (Å²) in [6, 6.07) is 19.0. The summed E-state index contributed by atoms with van der Waals surface area (Å²) in [6.45, 7) is 2.38. The summed E-state index contributed by atoms with van der Waals surface area (Å²) in [6.07, 6.45) is 0. The number of halogens is 1. The molecule has 0 aliphatic rings. The summed E-state index contributed by atoms with van der Waals surface area (Å²) in [4.78, 5) is 11.1. The van der Waals surface area contributed by atoms with E-state index in [9.17, 15) is 9.90 Å². The number of aliphatic hydroxyl groups excluding tert-OH is 1. The number of hydrogen-bond acceptors (Lipinski definition) is 5. The highest BCUT2D eigenvalue weighted by molar-refractivity contribution is 6.33. The van der Waals surface area contributed by atoms with E-state index in [1.807, 2.05) is 24.3 Å². The van der Waals surface area contributed by atoms with E-state index in [0.717, 1.165) is 5.56 Å². The van der Waals surface area contributed by atoms with Crippen molar-refractivity contribution in [1.29, 1.82) is 0 Å². The van der Waals surface area contributed by atoms with E-state index >= 15 is 0 Å². The number of carboxylic acids is 1. The quantitative estimate of drug-likeness (QED) is 0.361. The fourth-order valence-corrected chi connectivity index (χ4v) is 3.77. The molecule has 3 aromatic carbocycles. The van der Waals surface area contributed by atoms with Crippen LogP contribution in [0.4, 0.5) is 5.69 Å². The maximum atomic E-state index is 11.1. The number of hydrogen-bond donors (Lipinski definition) is 4. The first-order valence-electron chi connectivity index (χ1n) is 10.3. The highest BCUT2D eigenvalue weighted by Gasteiger charge is 2.17. The van der Waals surface area contributed by atoms with Crippen LogP contribution in [0.25, 0.3) is 11.1 Å². The molecule has 0 spiro atoms. The largest absolute Gasteiger partial charge is 0.496 e. The molecule has 0 aromatic heterocycles. The number of methoxy groups -OCH3 is 1. The second-order valence-electron chi connectivity index (χ2n) is 7.41. The third-order valence-electron chi connectivity index (χ3n) is 5.39. The second-order valence-corrected chi connectivity index (χ2v) is 7.81. The number of carbonyl (C=O) groups is 1. The van der Waals surface area contributed by atoms with Crippen molar-refractivity contribution in [1.82, 2.24) is 5.32 Å². The topological polar surface area (TPSA) is 90.8 Å². The van der Waals surface area contributed by atoms with Crippen LogP contribution in [0.15, 0.2) is 60.7 Å². The lowest BCUT2D eigenvalue weighted by Gasteiger charge is -2.17. The predicted octanol–water partition coefficient (Wildman–Crippen LogP) is 4.47. The van der Waals surface area contributed by atoms with Crippen LogP contribution in [0.2, 0.25) is 5.02 Å². The Hall–Kier alpha value is -3.06. The molecule has 3 rings (SSSR count). The van der Waals surface area contributed by atoms with Gasteiger partial charge in [-0.2, -0.15) is 0 Å². The smallest absolute Gasteiger partial charge is 0.323 e. The second kappa shape index (κ2) is 11.0. The first-order chi connectivity index (χ1) is 15.4. The Morgan fingerprint density at radius 1 is 1.06 bits per heavy atom. The molecular formula is C25H27ClN2O4. The fourth-order valence-electron chi connectivity index (χ4n) is 3.52. The maximum Gasteiger partial charge on any atom is 0.323 e. The van der Waals surface area contributed by atoms with Gasteiger partial charge in [-0.15, -0.1) is 0 Å². The summed E-state index contributed by atoms with van der Waals surface area (Å²) in [5, 5.41) is 24.9. The molecule has 1 atom stereocenters. The Kier molecular flexibility index (Phi) is 8.11. The van der Waals surface area contributed by atoms with Gasteiger partial charge in [0.1, 0.15) is 11.8 Å². The first-order valence-corrected chi connectivity index (χ1v) is 10.6. The summed E-state index contributed by atoms with van der Waals surface area (Å²) in [5.74, 6) is -0.551.